The van der Waals surface area contributed by atoms with Crippen molar-refractivity contribution in [3.05, 3.63) is 28.8 Å². The standard InChI is InChI=1S/C14H21F2NO2/c1-4-17(5-6-18)9-12-7-10(2)13(11(3)8-12)19-14(15)16/h7-8,14,18H,4-6,9H2,1-3H3. The Hall–Kier alpha value is -1.20. The molecule has 0 atom stereocenters. The lowest BCUT2D eigenvalue weighted by atomic mass is 10.1. The molecule has 0 spiro atoms. The van der Waals surface area contributed by atoms with Gasteiger partial charge in [0.2, 0.25) is 0 Å². The fourth-order valence-electron chi connectivity index (χ4n) is 2.15. The smallest absolute Gasteiger partial charge is 0.387 e. The van der Waals surface area contributed by atoms with E-state index in [-0.39, 0.29) is 12.4 Å². The monoisotopic (exact) mass is 273 g/mol. The maximum Gasteiger partial charge on any atom is 0.387 e. The van der Waals surface area contributed by atoms with Gasteiger partial charge >= 0.3 is 6.61 Å². The van der Waals surface area contributed by atoms with E-state index in [2.05, 4.69) is 9.64 Å². The van der Waals surface area contributed by atoms with Gasteiger partial charge in [-0.15, -0.1) is 0 Å². The molecule has 5 heteroatoms. The number of aryl methyl sites for hydroxylation is 2. The molecule has 0 aliphatic heterocycles. The average Bonchev–Trinajstić information content (AvgIpc) is 2.33. The molecular weight excluding hydrogens is 252 g/mol. The van der Waals surface area contributed by atoms with Crippen LogP contribution in [0.25, 0.3) is 0 Å². The van der Waals surface area contributed by atoms with Gasteiger partial charge in [-0.1, -0.05) is 19.1 Å². The minimum Gasteiger partial charge on any atom is -0.434 e. The van der Waals surface area contributed by atoms with Gasteiger partial charge in [0.1, 0.15) is 5.75 Å². The predicted molar refractivity (Wildman–Crippen MR) is 70.6 cm³/mol. The first kappa shape index (κ1) is 15.9. The number of likely N-dealkylation sites (N-methyl/N-ethyl adjacent to an activating group) is 1. The molecule has 108 valence electrons. The number of hydrogen-bond acceptors (Lipinski definition) is 3. The first-order chi connectivity index (χ1) is 8.97. The van der Waals surface area contributed by atoms with Crippen molar-refractivity contribution >= 4 is 0 Å². The number of ether oxygens (including phenoxy) is 1. The number of rotatable bonds is 7. The van der Waals surface area contributed by atoms with Crippen LogP contribution in [-0.4, -0.2) is 36.3 Å². The molecule has 1 N–H and O–H groups in total. The summed E-state index contributed by atoms with van der Waals surface area (Å²) in [6.07, 6.45) is 0. The zero-order chi connectivity index (χ0) is 14.4. The van der Waals surface area contributed by atoms with Gasteiger partial charge in [0.15, 0.2) is 0 Å². The molecule has 0 saturated heterocycles. The Morgan fingerprint density at radius 2 is 1.84 bits per heavy atom. The van der Waals surface area contributed by atoms with Crippen molar-refractivity contribution < 1.29 is 18.6 Å². The minimum atomic E-state index is -2.80. The molecule has 0 unspecified atom stereocenters. The van der Waals surface area contributed by atoms with Gasteiger partial charge in [0, 0.05) is 13.1 Å². The molecule has 0 amide bonds. The van der Waals surface area contributed by atoms with Crippen LogP contribution in [0.2, 0.25) is 0 Å². The van der Waals surface area contributed by atoms with Crippen LogP contribution in [0.15, 0.2) is 12.1 Å². The van der Waals surface area contributed by atoms with Crippen LogP contribution in [0.5, 0.6) is 5.75 Å². The summed E-state index contributed by atoms with van der Waals surface area (Å²) < 4.78 is 29.1. The number of benzene rings is 1. The Bertz CT molecular complexity index is 387. The molecule has 3 nitrogen and oxygen atoms in total. The summed E-state index contributed by atoms with van der Waals surface area (Å²) >= 11 is 0. The summed E-state index contributed by atoms with van der Waals surface area (Å²) in [4.78, 5) is 2.09. The lowest BCUT2D eigenvalue weighted by molar-refractivity contribution is -0.0507. The highest BCUT2D eigenvalue weighted by molar-refractivity contribution is 5.43. The van der Waals surface area contributed by atoms with E-state index in [1.807, 2.05) is 19.1 Å². The maximum absolute atomic E-state index is 12.3. The Kier molecular flexibility index (Phi) is 6.18. The molecule has 0 bridgehead atoms. The van der Waals surface area contributed by atoms with Gasteiger partial charge in [-0.3, -0.25) is 4.90 Å². The highest BCUT2D eigenvalue weighted by Gasteiger charge is 2.12. The topological polar surface area (TPSA) is 32.7 Å². The third-order valence-corrected chi connectivity index (χ3v) is 3.00. The van der Waals surface area contributed by atoms with E-state index in [4.69, 9.17) is 5.11 Å². The van der Waals surface area contributed by atoms with Crippen molar-refractivity contribution in [3.63, 3.8) is 0 Å². The van der Waals surface area contributed by atoms with Gasteiger partial charge < -0.3 is 9.84 Å². The molecule has 1 aromatic carbocycles. The van der Waals surface area contributed by atoms with Crippen molar-refractivity contribution in [3.8, 4) is 5.75 Å². The van der Waals surface area contributed by atoms with Gasteiger partial charge in [-0.2, -0.15) is 8.78 Å². The lowest BCUT2D eigenvalue weighted by Crippen LogP contribution is -2.26. The second-order valence-electron chi connectivity index (χ2n) is 4.53. The zero-order valence-electron chi connectivity index (χ0n) is 11.6. The van der Waals surface area contributed by atoms with Gasteiger partial charge in [-0.05, 0) is 37.1 Å². The fraction of sp³-hybridized carbons (Fsp3) is 0.571. The lowest BCUT2D eigenvalue weighted by Gasteiger charge is -2.20. The van der Waals surface area contributed by atoms with Crippen LogP contribution in [-0.2, 0) is 6.54 Å². The first-order valence-electron chi connectivity index (χ1n) is 6.36. The molecule has 0 radical (unpaired) electrons. The number of halogens is 2. The molecule has 19 heavy (non-hydrogen) atoms. The Balaban J connectivity index is 2.87. The summed E-state index contributed by atoms with van der Waals surface area (Å²) in [6.45, 7) is 4.96. The van der Waals surface area contributed by atoms with Crippen LogP contribution in [0.4, 0.5) is 8.78 Å². The number of hydrogen-bond donors (Lipinski definition) is 1. The van der Waals surface area contributed by atoms with Crippen molar-refractivity contribution in [1.82, 2.24) is 4.90 Å². The summed E-state index contributed by atoms with van der Waals surface area (Å²) in [5.41, 5.74) is 2.44. The summed E-state index contributed by atoms with van der Waals surface area (Å²) in [5.74, 6) is 0.254. The molecule has 0 heterocycles. The number of aliphatic hydroxyl groups excluding tert-OH is 1. The van der Waals surface area contributed by atoms with Crippen LogP contribution < -0.4 is 4.74 Å². The van der Waals surface area contributed by atoms with Gasteiger partial charge in [-0.25, -0.2) is 0 Å². The van der Waals surface area contributed by atoms with Crippen molar-refractivity contribution in [2.75, 3.05) is 19.7 Å². The second kappa shape index (κ2) is 7.40. The quantitative estimate of drug-likeness (QED) is 0.829. The molecular formula is C14H21F2NO2. The summed E-state index contributed by atoms with van der Waals surface area (Å²) in [7, 11) is 0. The Morgan fingerprint density at radius 1 is 1.26 bits per heavy atom. The average molecular weight is 273 g/mol. The van der Waals surface area contributed by atoms with Crippen molar-refractivity contribution in [1.29, 1.82) is 0 Å². The molecule has 0 aliphatic rings. The van der Waals surface area contributed by atoms with E-state index in [9.17, 15) is 8.78 Å². The SMILES string of the molecule is CCN(CCO)Cc1cc(C)c(OC(F)F)c(C)c1. The second-order valence-corrected chi connectivity index (χ2v) is 4.53. The van der Waals surface area contributed by atoms with E-state index in [1.54, 1.807) is 13.8 Å². The van der Waals surface area contributed by atoms with E-state index in [0.29, 0.717) is 24.2 Å². The Morgan fingerprint density at radius 3 is 2.26 bits per heavy atom. The third-order valence-electron chi connectivity index (χ3n) is 3.00. The van der Waals surface area contributed by atoms with Gasteiger partial charge in [0.25, 0.3) is 0 Å². The highest BCUT2D eigenvalue weighted by atomic mass is 19.3. The van der Waals surface area contributed by atoms with Crippen LogP contribution >= 0.6 is 0 Å². The van der Waals surface area contributed by atoms with E-state index < -0.39 is 6.61 Å². The predicted octanol–water partition coefficient (Wildman–Crippen LogP) is 2.72. The van der Waals surface area contributed by atoms with Gasteiger partial charge in [0.05, 0.1) is 6.61 Å². The number of aliphatic hydroxyl groups is 1. The maximum atomic E-state index is 12.3. The zero-order valence-corrected chi connectivity index (χ0v) is 11.6. The molecule has 0 saturated carbocycles. The molecule has 1 aromatic rings. The molecule has 0 fully saturated rings. The summed E-state index contributed by atoms with van der Waals surface area (Å²) in [5, 5.41) is 8.95. The fourth-order valence-corrected chi connectivity index (χ4v) is 2.15. The van der Waals surface area contributed by atoms with Crippen LogP contribution in [0, 0.1) is 13.8 Å². The number of nitrogens with zero attached hydrogens (tertiary/aromatic N) is 1. The first-order valence-corrected chi connectivity index (χ1v) is 6.36. The van der Waals surface area contributed by atoms with Crippen molar-refractivity contribution in [2.24, 2.45) is 0 Å². The Labute approximate surface area is 112 Å². The normalized spacial score (nSPS) is 11.4. The molecule has 1 rings (SSSR count). The largest absolute Gasteiger partial charge is 0.434 e. The molecule has 0 aliphatic carbocycles. The van der Waals surface area contributed by atoms with E-state index in [1.165, 1.54) is 0 Å². The highest BCUT2D eigenvalue weighted by Crippen LogP contribution is 2.26. The van der Waals surface area contributed by atoms with E-state index in [0.717, 1.165) is 12.1 Å². The van der Waals surface area contributed by atoms with Crippen LogP contribution in [0.3, 0.4) is 0 Å². The minimum absolute atomic E-state index is 0.110. The summed E-state index contributed by atoms with van der Waals surface area (Å²) in [6, 6.07) is 3.70. The van der Waals surface area contributed by atoms with E-state index >= 15 is 0 Å². The molecule has 0 aromatic heterocycles. The number of alkyl halides is 2. The van der Waals surface area contributed by atoms with Crippen LogP contribution in [0.1, 0.15) is 23.6 Å². The third kappa shape index (κ3) is 4.76. The van der Waals surface area contributed by atoms with Crippen molar-refractivity contribution in [2.45, 2.75) is 33.9 Å².